The monoisotopic (exact) mass is 416 g/mol. The zero-order valence-electron chi connectivity index (χ0n) is 18.1. The molecular formula is C21H36O4S2. The first-order valence-corrected chi connectivity index (χ1v) is 11.5. The summed E-state index contributed by atoms with van der Waals surface area (Å²) in [7, 11) is 0. The molecule has 2 aliphatic rings. The van der Waals surface area contributed by atoms with Gasteiger partial charge in [-0.3, -0.25) is 9.59 Å². The van der Waals surface area contributed by atoms with Crippen molar-refractivity contribution in [3.05, 3.63) is 0 Å². The summed E-state index contributed by atoms with van der Waals surface area (Å²) >= 11 is 3.86. The first-order chi connectivity index (χ1) is 12.1. The van der Waals surface area contributed by atoms with E-state index in [0.717, 1.165) is 25.7 Å². The van der Waals surface area contributed by atoms with Gasteiger partial charge in [-0.2, -0.15) is 0 Å². The highest BCUT2D eigenvalue weighted by atomic mass is 32.2. The Hall–Kier alpha value is -0.360. The predicted octanol–water partition coefficient (Wildman–Crippen LogP) is 5.37. The zero-order valence-corrected chi connectivity index (χ0v) is 19.8. The average molecular weight is 417 g/mol. The second kappa shape index (κ2) is 7.81. The number of thioether (sulfide) groups is 2. The topological polar surface area (TPSA) is 52.6 Å². The van der Waals surface area contributed by atoms with Gasteiger partial charge in [0.05, 0.1) is 0 Å². The van der Waals surface area contributed by atoms with Gasteiger partial charge in [0.15, 0.2) is 0 Å². The summed E-state index contributed by atoms with van der Waals surface area (Å²) in [6.07, 6.45) is 2.67. The molecule has 2 heterocycles. The number of hydrogen-bond acceptors (Lipinski definition) is 6. The molecule has 0 amide bonds. The number of carbonyl (C=O) groups excluding carboxylic acids is 2. The van der Waals surface area contributed by atoms with E-state index in [1.54, 1.807) is 0 Å². The van der Waals surface area contributed by atoms with Crippen molar-refractivity contribution >= 4 is 35.5 Å². The van der Waals surface area contributed by atoms with Crippen molar-refractivity contribution in [3.63, 3.8) is 0 Å². The molecule has 0 spiro atoms. The maximum Gasteiger partial charge on any atom is 0.317 e. The fourth-order valence-corrected chi connectivity index (χ4v) is 8.81. The van der Waals surface area contributed by atoms with Crippen molar-refractivity contribution in [3.8, 4) is 0 Å². The molecule has 0 unspecified atom stereocenters. The van der Waals surface area contributed by atoms with Gasteiger partial charge >= 0.3 is 11.9 Å². The molecule has 0 atom stereocenters. The van der Waals surface area contributed by atoms with Gasteiger partial charge < -0.3 is 9.47 Å². The Balaban J connectivity index is 1.86. The summed E-state index contributed by atoms with van der Waals surface area (Å²) in [6, 6.07) is 0. The Morgan fingerprint density at radius 2 is 0.926 bits per heavy atom. The van der Waals surface area contributed by atoms with Crippen molar-refractivity contribution < 1.29 is 19.1 Å². The highest BCUT2D eigenvalue weighted by Gasteiger charge is 2.42. The van der Waals surface area contributed by atoms with Gasteiger partial charge in [0, 0.05) is 19.0 Å². The van der Waals surface area contributed by atoms with Crippen molar-refractivity contribution in [1.82, 2.24) is 0 Å². The molecular weight excluding hydrogens is 380 g/mol. The summed E-state index contributed by atoms with van der Waals surface area (Å²) < 4.78 is 11.5. The van der Waals surface area contributed by atoms with Crippen LogP contribution in [0, 0.1) is 0 Å². The van der Waals surface area contributed by atoms with Crippen LogP contribution in [0.2, 0.25) is 0 Å². The van der Waals surface area contributed by atoms with Crippen molar-refractivity contribution in [2.75, 3.05) is 0 Å². The van der Waals surface area contributed by atoms with Crippen LogP contribution < -0.4 is 0 Å². The van der Waals surface area contributed by atoms with Gasteiger partial charge in [0.2, 0.25) is 0 Å². The van der Waals surface area contributed by atoms with E-state index in [-0.39, 0.29) is 37.6 Å². The molecule has 0 radical (unpaired) electrons. The molecule has 0 saturated carbocycles. The number of esters is 2. The quantitative estimate of drug-likeness (QED) is 0.454. The molecule has 0 aliphatic carbocycles. The molecule has 0 aromatic carbocycles. The summed E-state index contributed by atoms with van der Waals surface area (Å²) in [5.41, 5.74) is 0. The molecule has 0 bridgehead atoms. The van der Waals surface area contributed by atoms with Crippen molar-refractivity contribution in [2.24, 2.45) is 0 Å². The lowest BCUT2D eigenvalue weighted by atomic mass is 9.95. The standard InChI is InChI=1S/C21H36O4S2/c1-18(2)10-14(11-19(3,4)26-18)24-16(22)9-17(23)25-15-12-20(5,6)27-21(7,8)13-15/h14-15H,9-13H2,1-8H3. The second-order valence-electron chi connectivity index (χ2n) is 10.5. The maximum atomic E-state index is 12.3. The lowest BCUT2D eigenvalue weighted by Gasteiger charge is -2.44. The average Bonchev–Trinajstić information content (AvgIpc) is 2.28. The van der Waals surface area contributed by atoms with Gasteiger partial charge in [-0.05, 0) is 25.7 Å². The molecule has 0 aromatic heterocycles. The maximum absolute atomic E-state index is 12.3. The first-order valence-electron chi connectivity index (χ1n) is 9.86. The number of ether oxygens (including phenoxy) is 2. The van der Waals surface area contributed by atoms with Crippen LogP contribution in [0.1, 0.15) is 87.5 Å². The number of hydrogen-bond donors (Lipinski definition) is 0. The van der Waals surface area contributed by atoms with E-state index in [0.29, 0.717) is 0 Å². The molecule has 0 aromatic rings. The molecule has 4 nitrogen and oxygen atoms in total. The molecule has 27 heavy (non-hydrogen) atoms. The van der Waals surface area contributed by atoms with Crippen LogP contribution in [-0.2, 0) is 19.1 Å². The van der Waals surface area contributed by atoms with E-state index in [4.69, 9.17) is 9.47 Å². The Labute approximate surface area is 173 Å². The minimum atomic E-state index is -0.466. The fraction of sp³-hybridized carbons (Fsp3) is 0.905. The van der Waals surface area contributed by atoms with Crippen LogP contribution in [0.4, 0.5) is 0 Å². The zero-order chi connectivity index (χ0) is 20.7. The van der Waals surface area contributed by atoms with E-state index in [1.807, 2.05) is 23.5 Å². The molecule has 2 aliphatic heterocycles. The third-order valence-electron chi connectivity index (χ3n) is 4.87. The van der Waals surface area contributed by atoms with Gasteiger partial charge in [0.25, 0.3) is 0 Å². The predicted molar refractivity (Wildman–Crippen MR) is 114 cm³/mol. The number of carbonyl (C=O) groups is 2. The highest BCUT2D eigenvalue weighted by molar-refractivity contribution is 8.02. The van der Waals surface area contributed by atoms with E-state index in [9.17, 15) is 9.59 Å². The van der Waals surface area contributed by atoms with Gasteiger partial charge in [-0.1, -0.05) is 55.4 Å². The van der Waals surface area contributed by atoms with Gasteiger partial charge in [-0.15, -0.1) is 23.5 Å². The molecule has 2 rings (SSSR count). The Morgan fingerprint density at radius 3 is 1.19 bits per heavy atom. The molecule has 2 saturated heterocycles. The van der Waals surface area contributed by atoms with Crippen molar-refractivity contribution in [1.29, 1.82) is 0 Å². The molecule has 6 heteroatoms. The van der Waals surface area contributed by atoms with Crippen LogP contribution in [0.25, 0.3) is 0 Å². The third-order valence-corrected chi connectivity index (χ3v) is 7.74. The molecule has 0 N–H and O–H groups in total. The van der Waals surface area contributed by atoms with Crippen molar-refractivity contribution in [2.45, 2.75) is 119 Å². The minimum absolute atomic E-state index is 0.0597. The van der Waals surface area contributed by atoms with Crippen LogP contribution >= 0.6 is 23.5 Å². The normalized spacial score (nSPS) is 27.0. The minimum Gasteiger partial charge on any atom is -0.462 e. The lowest BCUT2D eigenvalue weighted by Crippen LogP contribution is -2.42. The fourth-order valence-electron chi connectivity index (χ4n) is 4.74. The largest absolute Gasteiger partial charge is 0.462 e. The Bertz CT molecular complexity index is 499. The summed E-state index contributed by atoms with van der Waals surface area (Å²) in [6.45, 7) is 17.4. The van der Waals surface area contributed by atoms with Gasteiger partial charge in [-0.25, -0.2) is 0 Å². The highest BCUT2D eigenvalue weighted by Crippen LogP contribution is 2.49. The van der Waals surface area contributed by atoms with E-state index >= 15 is 0 Å². The van der Waals surface area contributed by atoms with E-state index in [2.05, 4.69) is 55.4 Å². The first kappa shape index (κ1) is 22.9. The van der Waals surface area contributed by atoms with E-state index in [1.165, 1.54) is 0 Å². The third kappa shape index (κ3) is 7.52. The second-order valence-corrected chi connectivity index (χ2v) is 15.3. The lowest BCUT2D eigenvalue weighted by molar-refractivity contribution is -0.161. The van der Waals surface area contributed by atoms with Crippen LogP contribution in [-0.4, -0.2) is 43.1 Å². The van der Waals surface area contributed by atoms with Crippen LogP contribution in [0.3, 0.4) is 0 Å². The smallest absolute Gasteiger partial charge is 0.317 e. The summed E-state index contributed by atoms with van der Waals surface area (Å²) in [5, 5.41) is 0. The Kier molecular flexibility index (Phi) is 6.63. The van der Waals surface area contributed by atoms with Crippen LogP contribution in [0.15, 0.2) is 0 Å². The summed E-state index contributed by atoms with van der Waals surface area (Å²) in [5.74, 6) is -0.931. The molecule has 156 valence electrons. The number of rotatable bonds is 4. The van der Waals surface area contributed by atoms with E-state index < -0.39 is 11.9 Å². The van der Waals surface area contributed by atoms with Crippen LogP contribution in [0.5, 0.6) is 0 Å². The summed E-state index contributed by atoms with van der Waals surface area (Å²) in [4.78, 5) is 24.6. The van der Waals surface area contributed by atoms with Gasteiger partial charge in [0.1, 0.15) is 18.6 Å². The molecule has 2 fully saturated rings. The Morgan fingerprint density at radius 1 is 0.667 bits per heavy atom. The SMILES string of the molecule is CC1(C)CC(OC(=O)CC(=O)OC2CC(C)(C)SC(C)(C)C2)CC(C)(C)S1.